The molecular weight excluding hydrogens is 712 g/mol. The van der Waals surface area contributed by atoms with Crippen LogP contribution < -0.4 is 4.90 Å². The molecule has 3 aliphatic heterocycles. The highest BCUT2D eigenvalue weighted by Crippen LogP contribution is 2.41. The van der Waals surface area contributed by atoms with Crippen LogP contribution in [0.15, 0.2) is 12.1 Å². The standard InChI is InChI=1S/C31H45Cl2F3N6O6S/c1-22(43)39-11-9-37(10-12-39)15-16-49(46,47)40-13-14-41(23(20-40)19-38-7-5-6-8-38)28(44)21-42(29(45)48-30(2,3)4)27-18-26(33)25(32)17-24(27)31(34,35)36/h17-18,23H,5-16,19-21H2,1-4H3/t23-/m0/s1. The third-order valence-electron chi connectivity index (χ3n) is 8.85. The Morgan fingerprint density at radius 2 is 1.53 bits per heavy atom. The van der Waals surface area contributed by atoms with E-state index in [9.17, 15) is 36.0 Å². The molecule has 3 saturated heterocycles. The summed E-state index contributed by atoms with van der Waals surface area (Å²) in [5, 5.41) is -0.633. The van der Waals surface area contributed by atoms with Crippen LogP contribution in [0.1, 0.15) is 46.1 Å². The minimum Gasteiger partial charge on any atom is -0.443 e. The highest BCUT2D eigenvalue weighted by Gasteiger charge is 2.41. The number of alkyl halides is 3. The Morgan fingerprint density at radius 3 is 2.10 bits per heavy atom. The van der Waals surface area contributed by atoms with Crippen molar-refractivity contribution in [1.82, 2.24) is 23.9 Å². The van der Waals surface area contributed by atoms with E-state index in [1.807, 2.05) is 4.90 Å². The number of hydrogen-bond acceptors (Lipinski definition) is 8. The zero-order valence-electron chi connectivity index (χ0n) is 28.3. The number of piperazine rings is 2. The summed E-state index contributed by atoms with van der Waals surface area (Å²) in [6.07, 6.45) is -4.25. The van der Waals surface area contributed by atoms with Crippen molar-refractivity contribution in [2.75, 3.05) is 89.2 Å². The van der Waals surface area contributed by atoms with E-state index in [4.69, 9.17) is 27.9 Å². The average Bonchev–Trinajstić information content (AvgIpc) is 3.52. The molecule has 1 atom stereocenters. The summed E-state index contributed by atoms with van der Waals surface area (Å²) in [5.74, 6) is -0.827. The van der Waals surface area contributed by atoms with Crippen molar-refractivity contribution in [3.63, 3.8) is 0 Å². The summed E-state index contributed by atoms with van der Waals surface area (Å²) in [5.41, 5.74) is -3.06. The lowest BCUT2D eigenvalue weighted by atomic mass is 10.1. The van der Waals surface area contributed by atoms with Gasteiger partial charge >= 0.3 is 12.3 Å². The molecule has 1 aromatic carbocycles. The van der Waals surface area contributed by atoms with E-state index in [1.54, 1.807) is 25.7 Å². The number of ether oxygens (including phenoxy) is 1. The van der Waals surface area contributed by atoms with Gasteiger partial charge in [-0.05, 0) is 58.8 Å². The van der Waals surface area contributed by atoms with Crippen molar-refractivity contribution < 1.29 is 40.7 Å². The molecule has 0 bridgehead atoms. The lowest BCUT2D eigenvalue weighted by Gasteiger charge is -2.43. The van der Waals surface area contributed by atoms with E-state index >= 15 is 0 Å². The summed E-state index contributed by atoms with van der Waals surface area (Å²) >= 11 is 12.0. The lowest BCUT2D eigenvalue weighted by molar-refractivity contribution is -0.138. The van der Waals surface area contributed by atoms with Gasteiger partial charge in [0.15, 0.2) is 0 Å². The number of anilines is 1. The van der Waals surface area contributed by atoms with E-state index in [0.717, 1.165) is 32.0 Å². The molecule has 0 aromatic heterocycles. The first-order valence-electron chi connectivity index (χ1n) is 16.3. The minimum absolute atomic E-state index is 0.00427. The number of sulfonamides is 1. The van der Waals surface area contributed by atoms with Gasteiger partial charge in [-0.15, -0.1) is 0 Å². The molecule has 18 heteroatoms. The lowest BCUT2D eigenvalue weighted by Crippen LogP contribution is -2.61. The van der Waals surface area contributed by atoms with Crippen molar-refractivity contribution >= 4 is 56.8 Å². The predicted molar refractivity (Wildman–Crippen MR) is 180 cm³/mol. The molecule has 3 amide bonds. The maximum atomic E-state index is 14.2. The molecule has 4 rings (SSSR count). The molecule has 49 heavy (non-hydrogen) atoms. The fourth-order valence-corrected chi connectivity index (χ4v) is 8.09. The van der Waals surface area contributed by atoms with E-state index in [0.29, 0.717) is 50.2 Å². The van der Waals surface area contributed by atoms with Crippen LogP contribution in [-0.4, -0.2) is 146 Å². The van der Waals surface area contributed by atoms with Gasteiger partial charge in [0.2, 0.25) is 21.8 Å². The summed E-state index contributed by atoms with van der Waals surface area (Å²) < 4.78 is 76.6. The highest BCUT2D eigenvalue weighted by atomic mass is 35.5. The molecule has 0 N–H and O–H groups in total. The van der Waals surface area contributed by atoms with Crippen LogP contribution in [0.5, 0.6) is 0 Å². The van der Waals surface area contributed by atoms with Crippen molar-refractivity contribution in [1.29, 1.82) is 0 Å². The summed E-state index contributed by atoms with van der Waals surface area (Å²) in [7, 11) is -3.74. The molecule has 276 valence electrons. The molecule has 3 aliphatic rings. The fourth-order valence-electron chi connectivity index (χ4n) is 6.27. The Balaban J connectivity index is 1.55. The third kappa shape index (κ3) is 10.6. The van der Waals surface area contributed by atoms with Gasteiger partial charge in [0.1, 0.15) is 12.1 Å². The molecule has 0 saturated carbocycles. The maximum absolute atomic E-state index is 14.2. The SMILES string of the molecule is CC(=O)N1CCN(CCS(=O)(=O)N2CCN(C(=O)CN(C(=O)OC(C)(C)C)c3cc(Cl)c(Cl)cc3C(F)(F)F)[C@@H](CN3CCCC3)C2)CC1. The molecule has 1 aromatic rings. The summed E-state index contributed by atoms with van der Waals surface area (Å²) in [6.45, 7) is 9.65. The average molecular weight is 758 g/mol. The smallest absolute Gasteiger partial charge is 0.418 e. The number of benzene rings is 1. The topological polar surface area (TPSA) is 114 Å². The van der Waals surface area contributed by atoms with Crippen molar-refractivity contribution in [2.45, 2.75) is 58.4 Å². The number of rotatable bonds is 9. The van der Waals surface area contributed by atoms with E-state index in [-0.39, 0.29) is 41.3 Å². The molecule has 0 radical (unpaired) electrons. The maximum Gasteiger partial charge on any atom is 0.418 e. The zero-order chi connectivity index (χ0) is 36.3. The second kappa shape index (κ2) is 15.9. The van der Waals surface area contributed by atoms with Gasteiger partial charge in [0.05, 0.1) is 33.1 Å². The first-order valence-corrected chi connectivity index (χ1v) is 18.7. The van der Waals surface area contributed by atoms with Gasteiger partial charge in [0.25, 0.3) is 0 Å². The van der Waals surface area contributed by atoms with Gasteiger partial charge in [0, 0.05) is 65.8 Å². The first kappa shape index (κ1) is 39.4. The van der Waals surface area contributed by atoms with Crippen molar-refractivity contribution in [3.05, 3.63) is 27.7 Å². The van der Waals surface area contributed by atoms with Gasteiger partial charge in [-0.25, -0.2) is 13.2 Å². The van der Waals surface area contributed by atoms with Crippen LogP contribution in [0.2, 0.25) is 10.0 Å². The number of halogens is 5. The molecule has 12 nitrogen and oxygen atoms in total. The van der Waals surface area contributed by atoms with Gasteiger partial charge in [-0.2, -0.15) is 17.5 Å². The Labute approximate surface area is 296 Å². The quantitative estimate of drug-likeness (QED) is 0.374. The normalized spacial score (nSPS) is 20.5. The van der Waals surface area contributed by atoms with Crippen LogP contribution in [0, 0.1) is 0 Å². The third-order valence-corrected chi connectivity index (χ3v) is 11.4. The molecule has 3 heterocycles. The molecule has 0 unspecified atom stereocenters. The second-order valence-electron chi connectivity index (χ2n) is 13.6. The predicted octanol–water partition coefficient (Wildman–Crippen LogP) is 3.86. The first-order chi connectivity index (χ1) is 22.7. The largest absolute Gasteiger partial charge is 0.443 e. The number of hydrogen-bond donors (Lipinski definition) is 0. The van der Waals surface area contributed by atoms with Crippen LogP contribution in [0.3, 0.4) is 0 Å². The van der Waals surface area contributed by atoms with Crippen LogP contribution >= 0.6 is 23.2 Å². The number of carbonyl (C=O) groups is 3. The Bertz CT molecular complexity index is 1480. The van der Waals surface area contributed by atoms with Crippen molar-refractivity contribution in [3.8, 4) is 0 Å². The van der Waals surface area contributed by atoms with Crippen molar-refractivity contribution in [2.24, 2.45) is 0 Å². The van der Waals surface area contributed by atoms with Crippen LogP contribution in [-0.2, 0) is 30.5 Å². The minimum atomic E-state index is -4.95. The summed E-state index contributed by atoms with van der Waals surface area (Å²) in [4.78, 5) is 47.0. The zero-order valence-corrected chi connectivity index (χ0v) is 30.6. The molecule has 0 aliphatic carbocycles. The Morgan fingerprint density at radius 1 is 0.918 bits per heavy atom. The second-order valence-corrected chi connectivity index (χ2v) is 16.5. The number of nitrogens with zero attached hydrogens (tertiary/aromatic N) is 6. The van der Waals surface area contributed by atoms with E-state index < -0.39 is 57.6 Å². The van der Waals surface area contributed by atoms with E-state index in [1.165, 1.54) is 16.1 Å². The Kier molecular flexibility index (Phi) is 12.8. The monoisotopic (exact) mass is 756 g/mol. The van der Waals surface area contributed by atoms with Crippen LogP contribution in [0.25, 0.3) is 0 Å². The molecule has 3 fully saturated rings. The number of likely N-dealkylation sites (tertiary alicyclic amines) is 1. The highest BCUT2D eigenvalue weighted by molar-refractivity contribution is 7.89. The molecule has 0 spiro atoms. The molecular formula is C31H45Cl2F3N6O6S. The van der Waals surface area contributed by atoms with Crippen LogP contribution in [0.4, 0.5) is 23.7 Å². The number of amides is 3. The Hall–Kier alpha value is -2.37. The summed E-state index contributed by atoms with van der Waals surface area (Å²) in [6, 6.07) is 0.866. The van der Waals surface area contributed by atoms with E-state index in [2.05, 4.69) is 4.90 Å². The van der Waals surface area contributed by atoms with Gasteiger partial charge < -0.3 is 19.4 Å². The van der Waals surface area contributed by atoms with Gasteiger partial charge in [-0.1, -0.05) is 23.2 Å². The number of carbonyl (C=O) groups excluding carboxylic acids is 3. The van der Waals surface area contributed by atoms with Gasteiger partial charge in [-0.3, -0.25) is 19.4 Å². The fraction of sp³-hybridized carbons (Fsp3) is 0.710.